The average molecular weight is 260 g/mol. The Hall–Kier alpha value is -0.810. The second-order valence-electron chi connectivity index (χ2n) is 3.34. The van der Waals surface area contributed by atoms with Crippen LogP contribution >= 0.6 is 15.9 Å². The zero-order valence-electron chi connectivity index (χ0n) is 7.44. The molecular weight excluding hydrogens is 250 g/mol. The van der Waals surface area contributed by atoms with Crippen LogP contribution in [-0.4, -0.2) is 28.6 Å². The van der Waals surface area contributed by atoms with E-state index in [1.54, 1.807) is 11.0 Å². The van der Waals surface area contributed by atoms with Crippen molar-refractivity contribution in [1.29, 1.82) is 0 Å². The van der Waals surface area contributed by atoms with Gasteiger partial charge in [0.05, 0.1) is 19.1 Å². The van der Waals surface area contributed by atoms with Gasteiger partial charge >= 0.3 is 0 Å². The first-order chi connectivity index (χ1) is 6.65. The summed E-state index contributed by atoms with van der Waals surface area (Å²) in [4.78, 5) is 12.9. The predicted octanol–water partition coefficient (Wildman–Crippen LogP) is 1.14. The van der Waals surface area contributed by atoms with E-state index in [9.17, 15) is 9.90 Å². The fraction of sp³-hybridized carbons (Fsp3) is 0.444. The molecule has 1 aliphatic rings. The summed E-state index contributed by atoms with van der Waals surface area (Å²) in [5, 5.41) is 9.25. The van der Waals surface area contributed by atoms with Crippen molar-refractivity contribution in [3.05, 3.63) is 22.6 Å². The van der Waals surface area contributed by atoms with E-state index in [-0.39, 0.29) is 12.3 Å². The maximum atomic E-state index is 11.3. The predicted molar refractivity (Wildman–Crippen MR) is 52.4 cm³/mol. The zero-order chi connectivity index (χ0) is 10.1. The fourth-order valence-corrected chi connectivity index (χ4v) is 1.87. The third-order valence-corrected chi connectivity index (χ3v) is 2.60. The first-order valence-corrected chi connectivity index (χ1v) is 5.14. The lowest BCUT2D eigenvalue weighted by atomic mass is 10.3. The van der Waals surface area contributed by atoms with E-state index in [2.05, 4.69) is 15.9 Å². The van der Waals surface area contributed by atoms with E-state index in [1.165, 1.54) is 0 Å². The smallest absolute Gasteiger partial charge is 0.225 e. The van der Waals surface area contributed by atoms with Crippen LogP contribution in [0, 0.1) is 0 Å². The van der Waals surface area contributed by atoms with Crippen molar-refractivity contribution in [2.24, 2.45) is 0 Å². The largest absolute Gasteiger partial charge is 0.452 e. The number of furan rings is 1. The van der Waals surface area contributed by atoms with Gasteiger partial charge in [0.2, 0.25) is 5.91 Å². The number of aliphatic hydroxyl groups excluding tert-OH is 1. The fourth-order valence-electron chi connectivity index (χ4n) is 1.53. The normalized spacial score (nSPS) is 22.0. The van der Waals surface area contributed by atoms with Crippen LogP contribution in [-0.2, 0) is 11.3 Å². The van der Waals surface area contributed by atoms with Crippen LogP contribution in [0.3, 0.4) is 0 Å². The molecule has 1 unspecified atom stereocenters. The molecule has 1 fully saturated rings. The molecule has 4 nitrogen and oxygen atoms in total. The Bertz CT molecular complexity index is 350. The number of nitrogens with zero attached hydrogens (tertiary/aromatic N) is 1. The Morgan fingerprint density at radius 2 is 2.43 bits per heavy atom. The molecule has 0 saturated carbocycles. The molecule has 14 heavy (non-hydrogen) atoms. The summed E-state index contributed by atoms with van der Waals surface area (Å²) < 4.78 is 5.92. The molecule has 0 aliphatic carbocycles. The number of aliphatic hydroxyl groups is 1. The van der Waals surface area contributed by atoms with Crippen LogP contribution in [0.5, 0.6) is 0 Å². The number of likely N-dealkylation sites (tertiary alicyclic amines) is 1. The van der Waals surface area contributed by atoms with Gasteiger partial charge < -0.3 is 14.4 Å². The molecule has 1 aromatic rings. The zero-order valence-corrected chi connectivity index (χ0v) is 9.03. The standard InChI is InChI=1S/C9H10BrNO3/c10-8-2-1-7(14-8)5-11-4-6(12)3-9(11)13/h1-2,6,12H,3-5H2. The molecule has 1 aliphatic heterocycles. The molecule has 0 radical (unpaired) electrons. The first-order valence-electron chi connectivity index (χ1n) is 4.35. The quantitative estimate of drug-likeness (QED) is 0.867. The van der Waals surface area contributed by atoms with Gasteiger partial charge in [-0.05, 0) is 28.1 Å². The minimum Gasteiger partial charge on any atom is -0.452 e. The van der Waals surface area contributed by atoms with Gasteiger partial charge in [0, 0.05) is 6.54 Å². The highest BCUT2D eigenvalue weighted by molar-refractivity contribution is 9.10. The second kappa shape index (κ2) is 3.74. The summed E-state index contributed by atoms with van der Waals surface area (Å²) in [5.41, 5.74) is 0. The number of β-amino-alcohol motifs (C(OH)–C–C–N with tert-alkyl or cyclic N) is 1. The number of rotatable bonds is 2. The highest BCUT2D eigenvalue weighted by atomic mass is 79.9. The minimum atomic E-state index is -0.527. The van der Waals surface area contributed by atoms with Crippen molar-refractivity contribution >= 4 is 21.8 Å². The van der Waals surface area contributed by atoms with Gasteiger partial charge in [-0.2, -0.15) is 0 Å². The van der Waals surface area contributed by atoms with Crippen molar-refractivity contribution in [2.75, 3.05) is 6.54 Å². The highest BCUT2D eigenvalue weighted by Gasteiger charge is 2.28. The third-order valence-electron chi connectivity index (χ3n) is 2.17. The Morgan fingerprint density at radius 1 is 1.64 bits per heavy atom. The topological polar surface area (TPSA) is 53.7 Å². The number of halogens is 1. The third kappa shape index (κ3) is 1.99. The van der Waals surface area contributed by atoms with Crippen LogP contribution < -0.4 is 0 Å². The van der Waals surface area contributed by atoms with Crippen molar-refractivity contribution in [3.63, 3.8) is 0 Å². The van der Waals surface area contributed by atoms with E-state index < -0.39 is 6.10 Å². The number of amides is 1. The molecule has 0 aromatic carbocycles. The molecule has 1 saturated heterocycles. The maximum Gasteiger partial charge on any atom is 0.225 e. The van der Waals surface area contributed by atoms with Gasteiger partial charge in [0.25, 0.3) is 0 Å². The Morgan fingerprint density at radius 3 is 2.93 bits per heavy atom. The number of carbonyl (C=O) groups is 1. The summed E-state index contributed by atoms with van der Waals surface area (Å²) in [6.07, 6.45) is -0.303. The molecule has 1 amide bonds. The number of hydrogen-bond donors (Lipinski definition) is 1. The SMILES string of the molecule is O=C1CC(O)CN1Cc1ccc(Br)o1. The van der Waals surface area contributed by atoms with E-state index in [4.69, 9.17) is 4.42 Å². The van der Waals surface area contributed by atoms with Crippen LogP contribution in [0.25, 0.3) is 0 Å². The van der Waals surface area contributed by atoms with Crippen LogP contribution in [0.1, 0.15) is 12.2 Å². The first kappa shape index (κ1) is 9.73. The molecular formula is C9H10BrNO3. The monoisotopic (exact) mass is 259 g/mol. The van der Waals surface area contributed by atoms with E-state index >= 15 is 0 Å². The van der Waals surface area contributed by atoms with Gasteiger partial charge in [-0.25, -0.2) is 0 Å². The molecule has 76 valence electrons. The van der Waals surface area contributed by atoms with Crippen molar-refractivity contribution < 1.29 is 14.3 Å². The molecule has 1 N–H and O–H groups in total. The van der Waals surface area contributed by atoms with Gasteiger partial charge in [-0.1, -0.05) is 0 Å². The summed E-state index contributed by atoms with van der Waals surface area (Å²) in [5.74, 6) is 0.698. The Kier molecular flexibility index (Phi) is 2.60. The van der Waals surface area contributed by atoms with Crippen molar-refractivity contribution in [3.8, 4) is 0 Å². The lowest BCUT2D eigenvalue weighted by Crippen LogP contribution is -2.24. The average Bonchev–Trinajstić information content (AvgIpc) is 2.61. The lowest BCUT2D eigenvalue weighted by molar-refractivity contribution is -0.128. The number of carbonyl (C=O) groups excluding carboxylic acids is 1. The van der Waals surface area contributed by atoms with Gasteiger partial charge in [-0.15, -0.1) is 0 Å². The van der Waals surface area contributed by atoms with Crippen molar-refractivity contribution in [2.45, 2.75) is 19.1 Å². The molecule has 0 bridgehead atoms. The second-order valence-corrected chi connectivity index (χ2v) is 4.12. The number of hydrogen-bond acceptors (Lipinski definition) is 3. The van der Waals surface area contributed by atoms with Gasteiger partial charge in [0.1, 0.15) is 5.76 Å². The van der Waals surface area contributed by atoms with E-state index in [0.717, 1.165) is 5.76 Å². The van der Waals surface area contributed by atoms with Crippen LogP contribution in [0.4, 0.5) is 0 Å². The summed E-state index contributed by atoms with van der Waals surface area (Å²) in [6, 6.07) is 3.59. The summed E-state index contributed by atoms with van der Waals surface area (Å²) >= 11 is 3.19. The molecule has 2 heterocycles. The lowest BCUT2D eigenvalue weighted by Gasteiger charge is -2.13. The maximum absolute atomic E-state index is 11.3. The van der Waals surface area contributed by atoms with Crippen LogP contribution in [0.2, 0.25) is 0 Å². The summed E-state index contributed by atoms with van der Waals surface area (Å²) in [7, 11) is 0. The highest BCUT2D eigenvalue weighted by Crippen LogP contribution is 2.19. The Balaban J connectivity index is 2.01. The molecule has 5 heteroatoms. The van der Waals surface area contributed by atoms with Gasteiger partial charge in [-0.3, -0.25) is 4.79 Å². The Labute approximate surface area is 89.6 Å². The summed E-state index contributed by atoms with van der Waals surface area (Å²) in [6.45, 7) is 0.832. The minimum absolute atomic E-state index is 0.0231. The van der Waals surface area contributed by atoms with Crippen molar-refractivity contribution in [1.82, 2.24) is 4.90 Å². The molecule has 1 atom stereocenters. The molecule has 0 spiro atoms. The van der Waals surface area contributed by atoms with E-state index in [1.807, 2.05) is 6.07 Å². The molecule has 1 aromatic heterocycles. The van der Waals surface area contributed by atoms with Crippen LogP contribution in [0.15, 0.2) is 21.2 Å². The molecule has 2 rings (SSSR count). The van der Waals surface area contributed by atoms with E-state index in [0.29, 0.717) is 17.8 Å². The van der Waals surface area contributed by atoms with Gasteiger partial charge in [0.15, 0.2) is 4.67 Å².